The molecule has 0 saturated carbocycles. The van der Waals surface area contributed by atoms with Crippen molar-refractivity contribution < 1.29 is 9.59 Å². The average molecular weight is 321 g/mol. The van der Waals surface area contributed by atoms with Crippen molar-refractivity contribution in [1.82, 2.24) is 4.90 Å². The Morgan fingerprint density at radius 2 is 2.00 bits per heavy atom. The maximum Gasteiger partial charge on any atom is 0.253 e. The van der Waals surface area contributed by atoms with Crippen LogP contribution in [0.15, 0.2) is 42.5 Å². The summed E-state index contributed by atoms with van der Waals surface area (Å²) in [6.07, 6.45) is 1.29. The summed E-state index contributed by atoms with van der Waals surface area (Å²) in [6.45, 7) is 1.34. The molecule has 5 heteroatoms. The van der Waals surface area contributed by atoms with Gasteiger partial charge in [0.15, 0.2) is 0 Å². The molecule has 0 radical (unpaired) electrons. The molecule has 2 aliphatic rings. The van der Waals surface area contributed by atoms with Crippen LogP contribution >= 0.6 is 0 Å². The Morgan fingerprint density at radius 3 is 2.79 bits per heavy atom. The van der Waals surface area contributed by atoms with Gasteiger partial charge in [-0.05, 0) is 41.3 Å². The highest BCUT2D eigenvalue weighted by molar-refractivity contribution is 6.00. The monoisotopic (exact) mass is 321 g/mol. The van der Waals surface area contributed by atoms with E-state index in [0.717, 1.165) is 35.3 Å². The van der Waals surface area contributed by atoms with E-state index >= 15 is 0 Å². The van der Waals surface area contributed by atoms with Crippen molar-refractivity contribution in [2.75, 3.05) is 18.4 Å². The van der Waals surface area contributed by atoms with Gasteiger partial charge < -0.3 is 16.0 Å². The highest BCUT2D eigenvalue weighted by Gasteiger charge is 2.24. The molecular weight excluding hydrogens is 302 g/mol. The highest BCUT2D eigenvalue weighted by Crippen LogP contribution is 2.30. The summed E-state index contributed by atoms with van der Waals surface area (Å²) in [5.41, 5.74) is 10.4. The fourth-order valence-corrected chi connectivity index (χ4v) is 3.38. The largest absolute Gasteiger partial charge is 0.337 e. The van der Waals surface area contributed by atoms with Gasteiger partial charge in [0.1, 0.15) is 0 Å². The molecule has 2 aliphatic heterocycles. The molecule has 5 nitrogen and oxygen atoms in total. The van der Waals surface area contributed by atoms with Crippen LogP contribution in [0.25, 0.3) is 11.1 Å². The van der Waals surface area contributed by atoms with Crippen molar-refractivity contribution in [2.45, 2.75) is 18.9 Å². The zero-order valence-corrected chi connectivity index (χ0v) is 13.3. The third-order valence-electron chi connectivity index (χ3n) is 4.69. The minimum atomic E-state index is 0.0245. The fourth-order valence-electron chi connectivity index (χ4n) is 3.38. The van der Waals surface area contributed by atoms with Gasteiger partial charge in [0, 0.05) is 30.4 Å². The molecule has 122 valence electrons. The van der Waals surface area contributed by atoms with E-state index in [1.165, 1.54) is 0 Å². The summed E-state index contributed by atoms with van der Waals surface area (Å²) in [5.74, 6) is 0.0516. The molecule has 1 atom stereocenters. The lowest BCUT2D eigenvalue weighted by molar-refractivity contribution is -0.115. The molecule has 4 rings (SSSR count). The molecule has 0 aliphatic carbocycles. The maximum atomic E-state index is 12.6. The van der Waals surface area contributed by atoms with Crippen molar-refractivity contribution >= 4 is 17.5 Å². The second-order valence-electron chi connectivity index (χ2n) is 6.48. The molecule has 2 heterocycles. The van der Waals surface area contributed by atoms with Crippen molar-refractivity contribution in [2.24, 2.45) is 5.73 Å². The predicted molar refractivity (Wildman–Crippen MR) is 92.7 cm³/mol. The summed E-state index contributed by atoms with van der Waals surface area (Å²) < 4.78 is 0. The van der Waals surface area contributed by atoms with Gasteiger partial charge in [-0.1, -0.05) is 24.3 Å². The molecule has 2 aromatic carbocycles. The van der Waals surface area contributed by atoms with Crippen molar-refractivity contribution in [1.29, 1.82) is 0 Å². The molecule has 2 aromatic rings. The minimum absolute atomic E-state index is 0.0245. The lowest BCUT2D eigenvalue weighted by Gasteiger charge is -2.16. The van der Waals surface area contributed by atoms with Crippen molar-refractivity contribution in [3.8, 4) is 11.1 Å². The second-order valence-corrected chi connectivity index (χ2v) is 6.48. The number of anilines is 1. The summed E-state index contributed by atoms with van der Waals surface area (Å²) in [4.78, 5) is 25.9. The van der Waals surface area contributed by atoms with Crippen molar-refractivity contribution in [3.05, 3.63) is 53.6 Å². The quantitative estimate of drug-likeness (QED) is 0.888. The Hall–Kier alpha value is -2.66. The summed E-state index contributed by atoms with van der Waals surface area (Å²) in [7, 11) is 0. The number of nitrogens with one attached hydrogen (secondary N) is 1. The van der Waals surface area contributed by atoms with E-state index in [9.17, 15) is 9.59 Å². The van der Waals surface area contributed by atoms with Crippen LogP contribution in [-0.4, -0.2) is 35.8 Å². The van der Waals surface area contributed by atoms with E-state index in [2.05, 4.69) is 5.32 Å². The molecule has 0 spiro atoms. The number of rotatable bonds is 2. The van der Waals surface area contributed by atoms with E-state index in [4.69, 9.17) is 5.73 Å². The molecule has 1 fully saturated rings. The first-order valence-corrected chi connectivity index (χ1v) is 8.18. The van der Waals surface area contributed by atoms with E-state index in [-0.39, 0.29) is 17.9 Å². The standard InChI is InChI=1S/C19H19N3O2/c20-16-6-7-22(11-16)19(24)15-3-1-2-12(8-15)13-4-5-14-10-18(23)21-17(14)9-13/h1-5,8-9,16H,6-7,10-11,20H2,(H,21,23). The Bertz CT molecular complexity index is 831. The normalized spacial score (nSPS) is 19.3. The first kappa shape index (κ1) is 14.9. The van der Waals surface area contributed by atoms with Gasteiger partial charge in [0.2, 0.25) is 5.91 Å². The van der Waals surface area contributed by atoms with Crippen LogP contribution < -0.4 is 11.1 Å². The number of carbonyl (C=O) groups excluding carboxylic acids is 2. The van der Waals surface area contributed by atoms with Crippen LogP contribution in [0.3, 0.4) is 0 Å². The summed E-state index contributed by atoms with van der Waals surface area (Å²) >= 11 is 0. The Kier molecular flexibility index (Phi) is 3.58. The first-order chi connectivity index (χ1) is 11.6. The Morgan fingerprint density at radius 1 is 1.17 bits per heavy atom. The van der Waals surface area contributed by atoms with Gasteiger partial charge in [-0.2, -0.15) is 0 Å². The van der Waals surface area contributed by atoms with Crippen LogP contribution in [0.5, 0.6) is 0 Å². The lowest BCUT2D eigenvalue weighted by Crippen LogP contribution is -2.31. The number of hydrogen-bond donors (Lipinski definition) is 2. The number of nitrogens with two attached hydrogens (primary N) is 1. The predicted octanol–water partition coefficient (Wildman–Crippen LogP) is 2.02. The lowest BCUT2D eigenvalue weighted by atomic mass is 10.0. The second kappa shape index (κ2) is 5.76. The number of carbonyl (C=O) groups is 2. The summed E-state index contributed by atoms with van der Waals surface area (Å²) in [6, 6.07) is 13.6. The summed E-state index contributed by atoms with van der Waals surface area (Å²) in [5, 5.41) is 2.87. The molecule has 2 amide bonds. The zero-order valence-electron chi connectivity index (χ0n) is 13.3. The smallest absolute Gasteiger partial charge is 0.253 e. The molecule has 24 heavy (non-hydrogen) atoms. The van der Waals surface area contributed by atoms with Gasteiger partial charge in [0.05, 0.1) is 6.42 Å². The zero-order chi connectivity index (χ0) is 16.7. The Balaban J connectivity index is 1.62. The van der Waals surface area contributed by atoms with Gasteiger partial charge >= 0.3 is 0 Å². The van der Waals surface area contributed by atoms with E-state index in [1.807, 2.05) is 47.4 Å². The van der Waals surface area contributed by atoms with Gasteiger partial charge in [-0.15, -0.1) is 0 Å². The molecule has 3 N–H and O–H groups in total. The molecule has 1 saturated heterocycles. The van der Waals surface area contributed by atoms with Crippen LogP contribution in [0.4, 0.5) is 5.69 Å². The molecule has 0 bridgehead atoms. The van der Waals surface area contributed by atoms with Gasteiger partial charge in [0.25, 0.3) is 5.91 Å². The van der Waals surface area contributed by atoms with E-state index in [1.54, 1.807) is 0 Å². The first-order valence-electron chi connectivity index (χ1n) is 8.18. The fraction of sp³-hybridized carbons (Fsp3) is 0.263. The van der Waals surface area contributed by atoms with Gasteiger partial charge in [-0.3, -0.25) is 9.59 Å². The van der Waals surface area contributed by atoms with Crippen LogP contribution in [0.2, 0.25) is 0 Å². The molecule has 0 aromatic heterocycles. The third kappa shape index (κ3) is 2.67. The van der Waals surface area contributed by atoms with Crippen LogP contribution in [0.1, 0.15) is 22.3 Å². The maximum absolute atomic E-state index is 12.6. The topological polar surface area (TPSA) is 75.4 Å². The Labute approximate surface area is 140 Å². The van der Waals surface area contributed by atoms with Crippen LogP contribution in [0, 0.1) is 0 Å². The number of likely N-dealkylation sites (tertiary alicyclic amines) is 1. The van der Waals surface area contributed by atoms with Crippen LogP contribution in [-0.2, 0) is 11.2 Å². The minimum Gasteiger partial charge on any atom is -0.337 e. The number of benzene rings is 2. The SMILES string of the molecule is NC1CCN(C(=O)c2cccc(-c3ccc4c(c3)NC(=O)C4)c2)C1. The number of fused-ring (bicyclic) bond motifs is 1. The molecular formula is C19H19N3O2. The highest BCUT2D eigenvalue weighted by atomic mass is 16.2. The average Bonchev–Trinajstić information content (AvgIpc) is 3.18. The third-order valence-corrected chi connectivity index (χ3v) is 4.69. The van der Waals surface area contributed by atoms with Crippen molar-refractivity contribution in [3.63, 3.8) is 0 Å². The number of nitrogens with zero attached hydrogens (tertiary/aromatic N) is 1. The van der Waals surface area contributed by atoms with E-state index in [0.29, 0.717) is 18.5 Å². The van der Waals surface area contributed by atoms with Gasteiger partial charge in [-0.25, -0.2) is 0 Å². The number of hydrogen-bond acceptors (Lipinski definition) is 3. The van der Waals surface area contributed by atoms with E-state index < -0.39 is 0 Å². The number of amides is 2. The molecule has 1 unspecified atom stereocenters.